The van der Waals surface area contributed by atoms with Gasteiger partial charge < -0.3 is 9.84 Å². The summed E-state index contributed by atoms with van der Waals surface area (Å²) in [4.78, 5) is 0. The van der Waals surface area contributed by atoms with E-state index in [1.165, 1.54) is 17.3 Å². The number of hydrogen-bond donors (Lipinski definition) is 1. The Labute approximate surface area is 193 Å². The van der Waals surface area contributed by atoms with Gasteiger partial charge in [-0.15, -0.1) is 4.57 Å². The summed E-state index contributed by atoms with van der Waals surface area (Å²) in [5, 5.41) is 12.7. The van der Waals surface area contributed by atoms with E-state index in [1.54, 1.807) is 5.41 Å². The van der Waals surface area contributed by atoms with Gasteiger partial charge in [-0.05, 0) is 48.9 Å². The Morgan fingerprint density at radius 2 is 1.47 bits per heavy atom. The van der Waals surface area contributed by atoms with Crippen molar-refractivity contribution in [3.63, 3.8) is 0 Å². The number of aliphatic hydroxyl groups excluding tert-OH is 1. The van der Waals surface area contributed by atoms with Crippen molar-refractivity contribution in [1.82, 2.24) is 0 Å². The molecule has 1 N–H and O–H groups in total. The Morgan fingerprint density at radius 1 is 0.844 bits per heavy atom. The molecule has 0 saturated carbocycles. The molecule has 0 atom stereocenters. The Hall–Kier alpha value is -3.50. The van der Waals surface area contributed by atoms with Crippen molar-refractivity contribution in [1.29, 1.82) is 0 Å². The molecule has 0 aliphatic heterocycles. The zero-order valence-electron chi connectivity index (χ0n) is 18.2. The minimum Gasteiger partial charge on any atom is -0.481 e. The van der Waals surface area contributed by atoms with Gasteiger partial charge in [-0.3, -0.25) is 0 Å². The lowest BCUT2D eigenvalue weighted by Crippen LogP contribution is -2.36. The number of aryl methyl sites for hydroxylation is 1. The van der Waals surface area contributed by atoms with E-state index in [4.69, 9.17) is 4.74 Å². The molecular weight excluding hydrogens is 414 g/mol. The highest BCUT2D eigenvalue weighted by atomic mass is 32.2. The van der Waals surface area contributed by atoms with Gasteiger partial charge in [0, 0.05) is 29.8 Å². The maximum Gasteiger partial charge on any atom is 0.283 e. The summed E-state index contributed by atoms with van der Waals surface area (Å²) in [5.41, 5.74) is 6.70. The summed E-state index contributed by atoms with van der Waals surface area (Å²) in [5.74, 6) is -0.0840. The highest BCUT2D eigenvalue weighted by Gasteiger charge is 2.24. The Kier molecular flexibility index (Phi) is 6.93. The number of benzene rings is 3. The fraction of sp³-hybridized carbons (Fsp3) is 0.107. The largest absolute Gasteiger partial charge is 0.481 e. The van der Waals surface area contributed by atoms with E-state index in [0.717, 1.165) is 33.1 Å². The molecule has 3 aromatic carbocycles. The van der Waals surface area contributed by atoms with Gasteiger partial charge in [0.25, 0.3) is 11.0 Å². The lowest BCUT2D eigenvalue weighted by atomic mass is 10.0. The average molecular weight is 441 g/mol. The molecule has 32 heavy (non-hydrogen) atoms. The summed E-state index contributed by atoms with van der Waals surface area (Å²) < 4.78 is 7.47. The summed E-state index contributed by atoms with van der Waals surface area (Å²) >= 11 is 1.44. The van der Waals surface area contributed by atoms with Crippen LogP contribution in [-0.2, 0) is 4.74 Å². The summed E-state index contributed by atoms with van der Waals surface area (Å²) in [7, 11) is 0. The number of aromatic nitrogens is 1. The summed E-state index contributed by atoms with van der Waals surface area (Å²) in [6.07, 6.45) is 0. The van der Waals surface area contributed by atoms with E-state index < -0.39 is 0 Å². The first-order valence-corrected chi connectivity index (χ1v) is 11.5. The lowest BCUT2D eigenvalue weighted by molar-refractivity contribution is -0.624. The topological polar surface area (TPSA) is 33.3 Å². The molecule has 0 aliphatic carbocycles. The van der Waals surface area contributed by atoms with Gasteiger partial charge in [-0.25, -0.2) is 0 Å². The smallest absolute Gasteiger partial charge is 0.283 e. The van der Waals surface area contributed by atoms with E-state index in [0.29, 0.717) is 6.61 Å². The molecular formula is C28H26NO2S+. The van der Waals surface area contributed by atoms with Crippen LogP contribution < -0.4 is 4.57 Å². The number of aliphatic hydroxyl groups is 1. The first-order valence-electron chi connectivity index (χ1n) is 10.6. The second kappa shape index (κ2) is 10.2. The lowest BCUT2D eigenvalue weighted by Gasteiger charge is -2.11. The Bertz CT molecular complexity index is 1200. The third-order valence-electron chi connectivity index (χ3n) is 5.07. The van der Waals surface area contributed by atoms with Gasteiger partial charge in [-0.1, -0.05) is 66.2 Å². The van der Waals surface area contributed by atoms with Crippen LogP contribution in [0.4, 0.5) is 0 Å². The quantitative estimate of drug-likeness (QED) is 0.189. The first kappa shape index (κ1) is 21.7. The van der Waals surface area contributed by atoms with Crippen molar-refractivity contribution < 1.29 is 14.4 Å². The zero-order valence-corrected chi connectivity index (χ0v) is 19.0. The fourth-order valence-corrected chi connectivity index (χ4v) is 4.32. The molecule has 4 aromatic rings. The van der Waals surface area contributed by atoms with E-state index in [9.17, 15) is 5.11 Å². The third-order valence-corrected chi connectivity index (χ3v) is 5.94. The van der Waals surface area contributed by atoms with Crippen molar-refractivity contribution >= 4 is 11.8 Å². The molecule has 1 aromatic heterocycles. The van der Waals surface area contributed by atoms with Crippen LogP contribution in [-0.4, -0.2) is 11.7 Å². The molecule has 0 bridgehead atoms. The number of hydrogen-bond acceptors (Lipinski definition) is 3. The predicted molar refractivity (Wildman–Crippen MR) is 132 cm³/mol. The number of rotatable bonds is 7. The molecule has 4 rings (SSSR count). The standard InChI is InChI=1S/C28H25NO2S/c1-3-31-28(30)20-32-27-19-24(22-10-6-4-7-11-22)18-26(23-12-8-5-9-13-23)29(27)25-16-14-21(2)15-17-25/h4-20H,3H2,1-2H3/p+1/b28-20+. The maximum absolute atomic E-state index is 10.1. The summed E-state index contributed by atoms with van der Waals surface area (Å²) in [6.45, 7) is 4.36. The first-order chi connectivity index (χ1) is 15.7. The molecule has 0 fully saturated rings. The maximum atomic E-state index is 10.1. The fourth-order valence-electron chi connectivity index (χ4n) is 3.53. The van der Waals surface area contributed by atoms with E-state index in [-0.39, 0.29) is 5.95 Å². The van der Waals surface area contributed by atoms with Crippen molar-refractivity contribution in [3.8, 4) is 28.1 Å². The van der Waals surface area contributed by atoms with Crippen LogP contribution in [0.3, 0.4) is 0 Å². The van der Waals surface area contributed by atoms with Crippen LogP contribution >= 0.6 is 11.8 Å². The number of pyridine rings is 1. The van der Waals surface area contributed by atoms with Crippen molar-refractivity contribution in [2.45, 2.75) is 18.9 Å². The van der Waals surface area contributed by atoms with Gasteiger partial charge in [0.2, 0.25) is 11.4 Å². The highest BCUT2D eigenvalue weighted by molar-refractivity contribution is 8.02. The van der Waals surface area contributed by atoms with Crippen molar-refractivity contribution in [2.75, 3.05) is 6.61 Å². The molecule has 0 amide bonds. The number of nitrogens with zero attached hydrogens (tertiary/aromatic N) is 1. The molecule has 4 heteroatoms. The van der Waals surface area contributed by atoms with Crippen LogP contribution in [0, 0.1) is 6.92 Å². The van der Waals surface area contributed by atoms with Gasteiger partial charge in [0.15, 0.2) is 0 Å². The second-order valence-electron chi connectivity index (χ2n) is 7.38. The molecule has 3 nitrogen and oxygen atoms in total. The third kappa shape index (κ3) is 5.04. The van der Waals surface area contributed by atoms with Crippen LogP contribution in [0.2, 0.25) is 0 Å². The molecule has 0 unspecified atom stereocenters. The zero-order chi connectivity index (χ0) is 22.3. The van der Waals surface area contributed by atoms with E-state index in [1.807, 2.05) is 31.2 Å². The predicted octanol–water partition coefficient (Wildman–Crippen LogP) is 7.09. The average Bonchev–Trinajstić information content (AvgIpc) is 2.84. The second-order valence-corrected chi connectivity index (χ2v) is 8.27. The SMILES string of the molecule is CCO/C(O)=C/Sc1cc(-c2ccccc2)cc(-c2ccccc2)[n+]1-c1ccc(C)cc1. The van der Waals surface area contributed by atoms with E-state index in [2.05, 4.69) is 84.3 Å². The molecule has 0 spiro atoms. The van der Waals surface area contributed by atoms with Crippen LogP contribution in [0.5, 0.6) is 0 Å². The van der Waals surface area contributed by atoms with Gasteiger partial charge >= 0.3 is 0 Å². The molecule has 0 radical (unpaired) electrons. The number of thioether (sulfide) groups is 1. The van der Waals surface area contributed by atoms with Crippen LogP contribution in [0.25, 0.3) is 28.1 Å². The minimum absolute atomic E-state index is 0.0840. The van der Waals surface area contributed by atoms with E-state index >= 15 is 0 Å². The van der Waals surface area contributed by atoms with Crippen molar-refractivity contribution in [3.05, 3.63) is 114 Å². The van der Waals surface area contributed by atoms with Crippen LogP contribution in [0.15, 0.2) is 113 Å². The molecule has 0 aliphatic rings. The molecule has 160 valence electrons. The van der Waals surface area contributed by atoms with Gasteiger partial charge in [0.05, 0.1) is 12.0 Å². The Morgan fingerprint density at radius 3 is 2.09 bits per heavy atom. The normalized spacial score (nSPS) is 11.4. The molecule has 1 heterocycles. The minimum atomic E-state index is -0.0840. The van der Waals surface area contributed by atoms with Gasteiger partial charge in [-0.2, -0.15) is 0 Å². The molecule has 0 saturated heterocycles. The summed E-state index contributed by atoms with van der Waals surface area (Å²) in [6, 6.07) is 33.6. The number of ether oxygens (including phenoxy) is 1. The Balaban J connectivity index is 1.97. The highest BCUT2D eigenvalue weighted by Crippen LogP contribution is 2.30. The van der Waals surface area contributed by atoms with Crippen LogP contribution in [0.1, 0.15) is 12.5 Å². The monoisotopic (exact) mass is 440 g/mol. The van der Waals surface area contributed by atoms with Gasteiger partial charge in [0.1, 0.15) is 0 Å². The van der Waals surface area contributed by atoms with Crippen molar-refractivity contribution in [2.24, 2.45) is 0 Å².